The van der Waals surface area contributed by atoms with Crippen LogP contribution in [0.25, 0.3) is 0 Å². The molecule has 0 heterocycles. The van der Waals surface area contributed by atoms with Crippen LogP contribution in [-0.4, -0.2) is 26.1 Å². The summed E-state index contributed by atoms with van der Waals surface area (Å²) in [6.45, 7) is 0. The Balaban J connectivity index is 3.41. The van der Waals surface area contributed by atoms with Gasteiger partial charge in [-0.25, -0.2) is 8.42 Å². The van der Waals surface area contributed by atoms with E-state index < -0.39 is 31.1 Å². The van der Waals surface area contributed by atoms with Crippen LogP contribution in [0, 0.1) is 10.1 Å². The number of alkyl halides is 2. The van der Waals surface area contributed by atoms with Crippen LogP contribution in [-0.2, 0) is 9.84 Å². The van der Waals surface area contributed by atoms with Crippen LogP contribution < -0.4 is 5.32 Å². The van der Waals surface area contributed by atoms with E-state index in [1.807, 2.05) is 0 Å². The summed E-state index contributed by atoms with van der Waals surface area (Å²) in [7, 11) is -3.43. The van der Waals surface area contributed by atoms with Gasteiger partial charge in [0.05, 0.1) is 9.82 Å². The first kappa shape index (κ1) is 13.3. The monoisotopic (exact) mass is 266 g/mol. The fourth-order valence-corrected chi connectivity index (χ4v) is 1.89. The lowest BCUT2D eigenvalue weighted by Gasteiger charge is -2.05. The summed E-state index contributed by atoms with van der Waals surface area (Å²) >= 11 is 0. The van der Waals surface area contributed by atoms with Gasteiger partial charge in [-0.1, -0.05) is 0 Å². The van der Waals surface area contributed by atoms with Gasteiger partial charge in [0.25, 0.3) is 5.69 Å². The molecule has 0 bridgehead atoms. The lowest BCUT2D eigenvalue weighted by molar-refractivity contribution is -0.384. The molecular formula is C8H8F2N2O4S. The van der Waals surface area contributed by atoms with Gasteiger partial charge < -0.3 is 5.32 Å². The molecule has 6 nitrogen and oxygen atoms in total. The normalized spacial score (nSPS) is 11.5. The SMILES string of the molecule is CNc1ccc(S(=O)(=O)C(F)F)cc1[N+](=O)[O-]. The average molecular weight is 266 g/mol. The van der Waals surface area contributed by atoms with Crippen molar-refractivity contribution in [2.75, 3.05) is 12.4 Å². The highest BCUT2D eigenvalue weighted by molar-refractivity contribution is 7.91. The van der Waals surface area contributed by atoms with Crippen LogP contribution in [0.1, 0.15) is 0 Å². The molecule has 17 heavy (non-hydrogen) atoms. The van der Waals surface area contributed by atoms with Gasteiger partial charge >= 0.3 is 5.76 Å². The Kier molecular flexibility index (Phi) is 3.61. The number of hydrogen-bond donors (Lipinski definition) is 1. The Morgan fingerprint density at radius 1 is 1.41 bits per heavy atom. The summed E-state index contributed by atoms with van der Waals surface area (Å²) in [5.74, 6) is -3.61. The van der Waals surface area contributed by atoms with Crippen molar-refractivity contribution in [3.63, 3.8) is 0 Å². The second-order valence-electron chi connectivity index (χ2n) is 2.99. The first-order valence-corrected chi connectivity index (χ1v) is 5.83. The molecule has 0 aromatic heterocycles. The van der Waals surface area contributed by atoms with Crippen LogP contribution in [0.5, 0.6) is 0 Å². The van der Waals surface area contributed by atoms with Gasteiger partial charge in [0.15, 0.2) is 0 Å². The molecule has 0 aliphatic rings. The number of hydrogen-bond acceptors (Lipinski definition) is 5. The maximum absolute atomic E-state index is 12.2. The predicted molar refractivity (Wildman–Crippen MR) is 55.8 cm³/mol. The Labute approximate surface area is 95.3 Å². The van der Waals surface area contributed by atoms with Crippen LogP contribution >= 0.6 is 0 Å². The zero-order valence-corrected chi connectivity index (χ0v) is 9.37. The Bertz CT molecular complexity index is 544. The predicted octanol–water partition coefficient (Wildman–Crippen LogP) is 1.63. The number of nitrogens with zero attached hydrogens (tertiary/aromatic N) is 1. The van der Waals surface area contributed by atoms with Crippen molar-refractivity contribution < 1.29 is 22.1 Å². The van der Waals surface area contributed by atoms with E-state index in [2.05, 4.69) is 5.32 Å². The highest BCUT2D eigenvalue weighted by atomic mass is 32.2. The minimum Gasteiger partial charge on any atom is -0.383 e. The number of nitro groups is 1. The fraction of sp³-hybridized carbons (Fsp3) is 0.250. The van der Waals surface area contributed by atoms with Crippen molar-refractivity contribution in [3.05, 3.63) is 28.3 Å². The summed E-state index contributed by atoms with van der Waals surface area (Å²) in [5, 5.41) is 13.1. The lowest BCUT2D eigenvalue weighted by Crippen LogP contribution is -2.12. The van der Waals surface area contributed by atoms with Gasteiger partial charge in [-0.3, -0.25) is 10.1 Å². The minimum atomic E-state index is -4.82. The molecule has 0 radical (unpaired) electrons. The number of nitrogens with one attached hydrogen (secondary N) is 1. The van der Waals surface area contributed by atoms with Crippen molar-refractivity contribution in [1.82, 2.24) is 0 Å². The largest absolute Gasteiger partial charge is 0.383 e. The standard InChI is InChI=1S/C8H8F2N2O4S/c1-11-6-3-2-5(4-7(6)12(13)14)17(15,16)8(9)10/h2-4,8,11H,1H3. The van der Waals surface area contributed by atoms with Crippen LogP contribution in [0.3, 0.4) is 0 Å². The van der Waals surface area contributed by atoms with E-state index in [-0.39, 0.29) is 5.69 Å². The Hall–Kier alpha value is -1.77. The van der Waals surface area contributed by atoms with Crippen molar-refractivity contribution in [2.24, 2.45) is 0 Å². The molecule has 1 rings (SSSR count). The first-order chi connectivity index (χ1) is 7.80. The summed E-state index contributed by atoms with van der Waals surface area (Å²) in [6, 6.07) is 2.56. The van der Waals surface area contributed by atoms with Crippen molar-refractivity contribution >= 4 is 21.2 Å². The number of sulfone groups is 1. The molecule has 1 N–H and O–H groups in total. The highest BCUT2D eigenvalue weighted by Gasteiger charge is 2.29. The van der Waals surface area contributed by atoms with Crippen molar-refractivity contribution in [1.29, 1.82) is 0 Å². The molecule has 0 amide bonds. The number of halogens is 2. The fourth-order valence-electron chi connectivity index (χ4n) is 1.15. The van der Waals surface area contributed by atoms with Crippen molar-refractivity contribution in [3.8, 4) is 0 Å². The zero-order chi connectivity index (χ0) is 13.2. The van der Waals surface area contributed by atoms with Crippen molar-refractivity contribution in [2.45, 2.75) is 10.7 Å². The summed E-state index contributed by atoms with van der Waals surface area (Å²) < 4.78 is 46.7. The molecule has 0 unspecified atom stereocenters. The minimum absolute atomic E-state index is 0.0446. The van der Waals surface area contributed by atoms with Gasteiger partial charge in [-0.15, -0.1) is 0 Å². The van der Waals surface area contributed by atoms with E-state index in [1.54, 1.807) is 0 Å². The molecule has 0 atom stereocenters. The van der Waals surface area contributed by atoms with E-state index in [9.17, 15) is 27.3 Å². The van der Waals surface area contributed by atoms with Crippen LogP contribution in [0.15, 0.2) is 23.1 Å². The second kappa shape index (κ2) is 4.62. The third-order valence-corrected chi connectivity index (χ3v) is 3.38. The maximum Gasteiger partial charge on any atom is 0.341 e. The molecule has 0 saturated carbocycles. The molecule has 9 heteroatoms. The summed E-state index contributed by atoms with van der Waals surface area (Å²) in [4.78, 5) is 8.98. The topological polar surface area (TPSA) is 89.3 Å². The third kappa shape index (κ3) is 2.49. The molecule has 0 fully saturated rings. The molecule has 1 aromatic carbocycles. The van der Waals surface area contributed by atoms with E-state index in [4.69, 9.17) is 0 Å². The summed E-state index contributed by atoms with van der Waals surface area (Å²) in [5.41, 5.74) is -0.530. The van der Waals surface area contributed by atoms with Gasteiger partial charge in [0.1, 0.15) is 5.69 Å². The van der Waals surface area contributed by atoms with Gasteiger partial charge in [-0.2, -0.15) is 8.78 Å². The zero-order valence-electron chi connectivity index (χ0n) is 8.55. The maximum atomic E-state index is 12.2. The van der Waals surface area contributed by atoms with E-state index in [1.165, 1.54) is 7.05 Å². The van der Waals surface area contributed by atoms with Crippen LogP contribution in [0.2, 0.25) is 0 Å². The average Bonchev–Trinajstić information content (AvgIpc) is 2.27. The van der Waals surface area contributed by atoms with Gasteiger partial charge in [-0.05, 0) is 12.1 Å². The highest BCUT2D eigenvalue weighted by Crippen LogP contribution is 2.29. The summed E-state index contributed by atoms with van der Waals surface area (Å²) in [6.07, 6.45) is 0. The number of benzene rings is 1. The van der Waals surface area contributed by atoms with E-state index >= 15 is 0 Å². The smallest absolute Gasteiger partial charge is 0.341 e. The number of anilines is 1. The molecule has 0 spiro atoms. The molecular weight excluding hydrogens is 258 g/mol. The number of rotatable bonds is 4. The molecule has 94 valence electrons. The van der Waals surface area contributed by atoms with E-state index in [0.29, 0.717) is 6.07 Å². The Morgan fingerprint density at radius 3 is 2.41 bits per heavy atom. The number of nitro benzene ring substituents is 1. The Morgan fingerprint density at radius 2 is 2.00 bits per heavy atom. The first-order valence-electron chi connectivity index (χ1n) is 4.29. The van der Waals surface area contributed by atoms with Crippen LogP contribution in [0.4, 0.5) is 20.2 Å². The molecule has 0 saturated heterocycles. The van der Waals surface area contributed by atoms with Gasteiger partial charge in [0.2, 0.25) is 9.84 Å². The molecule has 0 aliphatic carbocycles. The quantitative estimate of drug-likeness (QED) is 0.660. The molecule has 0 aliphatic heterocycles. The molecule has 1 aromatic rings. The van der Waals surface area contributed by atoms with E-state index in [0.717, 1.165) is 12.1 Å². The van der Waals surface area contributed by atoms with Gasteiger partial charge in [0, 0.05) is 13.1 Å². The lowest BCUT2D eigenvalue weighted by atomic mass is 10.3. The third-order valence-electron chi connectivity index (χ3n) is 2.00. The second-order valence-corrected chi connectivity index (χ2v) is 4.91.